The van der Waals surface area contributed by atoms with Crippen molar-refractivity contribution in [2.24, 2.45) is 0 Å². The number of ketones is 1. The van der Waals surface area contributed by atoms with Gasteiger partial charge >= 0.3 is 0 Å². The van der Waals surface area contributed by atoms with Crippen LogP contribution in [0.4, 0.5) is 0 Å². The standard InChI is InChI=1S/C19H17NOS/c21-16(13-14-5-2-1-3-6-14)10-9-15-11-12-20-19-17(15)7-4-8-18(19)22/h1-8,11-12,22H,9-10,13H2. The highest BCUT2D eigenvalue weighted by atomic mass is 32.1. The lowest BCUT2D eigenvalue weighted by Crippen LogP contribution is -2.04. The summed E-state index contributed by atoms with van der Waals surface area (Å²) < 4.78 is 0. The molecule has 0 bridgehead atoms. The first-order valence-electron chi connectivity index (χ1n) is 7.35. The average Bonchev–Trinajstić information content (AvgIpc) is 2.54. The number of para-hydroxylation sites is 1. The number of thiol groups is 1. The van der Waals surface area contributed by atoms with Gasteiger partial charge in [0.2, 0.25) is 0 Å². The summed E-state index contributed by atoms with van der Waals surface area (Å²) in [6, 6.07) is 17.8. The fraction of sp³-hybridized carbons (Fsp3) is 0.158. The Bertz CT molecular complexity index is 799. The molecule has 0 aliphatic heterocycles. The molecule has 3 heteroatoms. The first-order valence-corrected chi connectivity index (χ1v) is 7.80. The molecule has 1 heterocycles. The summed E-state index contributed by atoms with van der Waals surface area (Å²) in [6.45, 7) is 0. The molecule has 0 amide bonds. The Balaban J connectivity index is 1.72. The summed E-state index contributed by atoms with van der Waals surface area (Å²) in [5.74, 6) is 0.262. The Labute approximate surface area is 135 Å². The highest BCUT2D eigenvalue weighted by molar-refractivity contribution is 7.80. The number of carbonyl (C=O) groups is 1. The number of aromatic nitrogens is 1. The second-order valence-electron chi connectivity index (χ2n) is 5.34. The van der Waals surface area contributed by atoms with E-state index in [4.69, 9.17) is 0 Å². The molecular formula is C19H17NOS. The van der Waals surface area contributed by atoms with Gasteiger partial charge in [-0.05, 0) is 29.7 Å². The van der Waals surface area contributed by atoms with E-state index < -0.39 is 0 Å². The van der Waals surface area contributed by atoms with Crippen molar-refractivity contribution in [3.63, 3.8) is 0 Å². The van der Waals surface area contributed by atoms with Crippen LogP contribution in [0.15, 0.2) is 65.7 Å². The molecule has 3 aromatic rings. The number of hydrogen-bond acceptors (Lipinski definition) is 3. The van der Waals surface area contributed by atoms with Gasteiger partial charge in [0.25, 0.3) is 0 Å². The number of fused-ring (bicyclic) bond motifs is 1. The van der Waals surface area contributed by atoms with Crippen molar-refractivity contribution < 1.29 is 4.79 Å². The minimum Gasteiger partial charge on any atom is -0.299 e. The van der Waals surface area contributed by atoms with Crippen molar-refractivity contribution in [2.45, 2.75) is 24.2 Å². The molecule has 0 atom stereocenters. The van der Waals surface area contributed by atoms with Crippen LogP contribution in [0.5, 0.6) is 0 Å². The molecular weight excluding hydrogens is 290 g/mol. The van der Waals surface area contributed by atoms with Gasteiger partial charge in [-0.2, -0.15) is 0 Å². The molecule has 0 saturated heterocycles. The van der Waals surface area contributed by atoms with Crippen LogP contribution < -0.4 is 0 Å². The quantitative estimate of drug-likeness (QED) is 0.714. The van der Waals surface area contributed by atoms with Gasteiger partial charge in [0, 0.05) is 29.3 Å². The Morgan fingerprint density at radius 2 is 1.82 bits per heavy atom. The fourth-order valence-corrected chi connectivity index (χ4v) is 2.89. The number of pyridine rings is 1. The van der Waals surface area contributed by atoms with E-state index in [0.29, 0.717) is 12.8 Å². The molecule has 2 nitrogen and oxygen atoms in total. The van der Waals surface area contributed by atoms with Crippen LogP contribution in [0, 0.1) is 0 Å². The van der Waals surface area contributed by atoms with Crippen LogP contribution >= 0.6 is 12.6 Å². The predicted octanol–water partition coefficient (Wildman–Crippen LogP) is 4.27. The number of rotatable bonds is 5. The molecule has 1 aromatic heterocycles. The lowest BCUT2D eigenvalue weighted by molar-refractivity contribution is -0.118. The lowest BCUT2D eigenvalue weighted by atomic mass is 10.0. The van der Waals surface area contributed by atoms with Crippen molar-refractivity contribution in [1.82, 2.24) is 4.98 Å². The van der Waals surface area contributed by atoms with Crippen LogP contribution in [0.3, 0.4) is 0 Å². The van der Waals surface area contributed by atoms with Crippen molar-refractivity contribution >= 4 is 29.3 Å². The maximum atomic E-state index is 12.2. The number of aryl methyl sites for hydroxylation is 1. The summed E-state index contributed by atoms with van der Waals surface area (Å²) in [6.07, 6.45) is 3.58. The zero-order chi connectivity index (χ0) is 15.4. The molecule has 0 radical (unpaired) electrons. The maximum absolute atomic E-state index is 12.2. The Kier molecular flexibility index (Phi) is 4.54. The van der Waals surface area contributed by atoms with Crippen molar-refractivity contribution in [3.05, 3.63) is 71.9 Å². The van der Waals surface area contributed by atoms with E-state index in [1.54, 1.807) is 6.20 Å². The third-order valence-electron chi connectivity index (χ3n) is 3.76. The molecule has 0 fully saturated rings. The van der Waals surface area contributed by atoms with Crippen molar-refractivity contribution in [2.75, 3.05) is 0 Å². The van der Waals surface area contributed by atoms with E-state index in [0.717, 1.165) is 33.3 Å². The topological polar surface area (TPSA) is 30.0 Å². The largest absolute Gasteiger partial charge is 0.299 e. The van der Waals surface area contributed by atoms with Gasteiger partial charge in [0.15, 0.2) is 0 Å². The monoisotopic (exact) mass is 307 g/mol. The van der Waals surface area contributed by atoms with Crippen molar-refractivity contribution in [3.8, 4) is 0 Å². The molecule has 2 aromatic carbocycles. The van der Waals surface area contributed by atoms with Gasteiger partial charge in [-0.3, -0.25) is 9.78 Å². The van der Waals surface area contributed by atoms with Crippen LogP contribution in [0.25, 0.3) is 10.9 Å². The normalized spacial score (nSPS) is 10.8. The van der Waals surface area contributed by atoms with Crippen LogP contribution in [0.2, 0.25) is 0 Å². The summed E-state index contributed by atoms with van der Waals surface area (Å²) >= 11 is 4.44. The van der Waals surface area contributed by atoms with E-state index in [2.05, 4.69) is 17.6 Å². The molecule has 110 valence electrons. The van der Waals surface area contributed by atoms with Gasteiger partial charge in [-0.15, -0.1) is 12.6 Å². The predicted molar refractivity (Wildman–Crippen MR) is 92.5 cm³/mol. The van der Waals surface area contributed by atoms with E-state index >= 15 is 0 Å². The zero-order valence-electron chi connectivity index (χ0n) is 12.2. The molecule has 0 unspecified atom stereocenters. The van der Waals surface area contributed by atoms with Crippen LogP contribution in [-0.4, -0.2) is 10.8 Å². The maximum Gasteiger partial charge on any atom is 0.137 e. The number of hydrogen-bond donors (Lipinski definition) is 1. The van der Waals surface area contributed by atoms with Crippen LogP contribution in [0.1, 0.15) is 17.5 Å². The number of Topliss-reactive ketones (excluding diaryl/α,β-unsaturated/α-hetero) is 1. The molecule has 0 spiro atoms. The summed E-state index contributed by atoms with van der Waals surface area (Å²) in [7, 11) is 0. The van der Waals surface area contributed by atoms with E-state index in [1.165, 1.54) is 0 Å². The van der Waals surface area contributed by atoms with Crippen molar-refractivity contribution in [1.29, 1.82) is 0 Å². The first-order chi connectivity index (χ1) is 10.7. The van der Waals surface area contributed by atoms with Gasteiger partial charge in [0.05, 0.1) is 5.52 Å². The number of carbonyl (C=O) groups excluding carboxylic acids is 1. The van der Waals surface area contributed by atoms with E-state index in [9.17, 15) is 4.79 Å². The molecule has 0 aliphatic carbocycles. The fourth-order valence-electron chi connectivity index (χ4n) is 2.62. The molecule has 0 saturated carbocycles. The molecule has 3 rings (SSSR count). The summed E-state index contributed by atoms with van der Waals surface area (Å²) in [5, 5.41) is 1.09. The molecule has 0 aliphatic rings. The Hall–Kier alpha value is -2.13. The molecule has 22 heavy (non-hydrogen) atoms. The minimum absolute atomic E-state index is 0.262. The van der Waals surface area contributed by atoms with Gasteiger partial charge in [-0.25, -0.2) is 0 Å². The third kappa shape index (κ3) is 3.37. The second kappa shape index (κ2) is 6.75. The SMILES string of the molecule is O=C(CCc1ccnc2c(S)cccc12)Cc1ccccc1. The summed E-state index contributed by atoms with van der Waals surface area (Å²) in [5.41, 5.74) is 3.13. The number of benzene rings is 2. The lowest BCUT2D eigenvalue weighted by Gasteiger charge is -2.07. The van der Waals surface area contributed by atoms with E-state index in [1.807, 2.05) is 54.6 Å². The first kappa shape index (κ1) is 14.8. The van der Waals surface area contributed by atoms with Gasteiger partial charge in [0.1, 0.15) is 5.78 Å². The Morgan fingerprint density at radius 1 is 1.00 bits per heavy atom. The smallest absolute Gasteiger partial charge is 0.137 e. The zero-order valence-corrected chi connectivity index (χ0v) is 13.1. The van der Waals surface area contributed by atoms with E-state index in [-0.39, 0.29) is 5.78 Å². The third-order valence-corrected chi connectivity index (χ3v) is 4.12. The second-order valence-corrected chi connectivity index (χ2v) is 5.83. The minimum atomic E-state index is 0.262. The highest BCUT2D eigenvalue weighted by Crippen LogP contribution is 2.23. The van der Waals surface area contributed by atoms with Gasteiger partial charge < -0.3 is 0 Å². The molecule has 0 N–H and O–H groups in total. The Morgan fingerprint density at radius 3 is 2.64 bits per heavy atom. The average molecular weight is 307 g/mol. The van der Waals surface area contributed by atoms with Crippen LogP contribution in [-0.2, 0) is 17.6 Å². The summed E-state index contributed by atoms with van der Waals surface area (Å²) in [4.78, 5) is 17.4. The highest BCUT2D eigenvalue weighted by Gasteiger charge is 2.08. The number of nitrogens with zero attached hydrogens (tertiary/aromatic N) is 1. The van der Waals surface area contributed by atoms with Gasteiger partial charge in [-0.1, -0.05) is 42.5 Å².